The summed E-state index contributed by atoms with van der Waals surface area (Å²) in [5.74, 6) is -3.51. The molecule has 0 aromatic heterocycles. The van der Waals surface area contributed by atoms with Crippen LogP contribution in [-0.4, -0.2) is 108 Å². The second-order valence-electron chi connectivity index (χ2n) is 20.1. The van der Waals surface area contributed by atoms with Gasteiger partial charge in [0.05, 0.1) is 18.2 Å². The summed E-state index contributed by atoms with van der Waals surface area (Å²) < 4.78 is 73.5. The van der Waals surface area contributed by atoms with E-state index in [4.69, 9.17) is 52.1 Å². The van der Waals surface area contributed by atoms with E-state index < -0.39 is 53.6 Å². The van der Waals surface area contributed by atoms with Crippen LogP contribution in [0, 0.1) is 5.82 Å². The molecule has 0 saturated carbocycles. The molecule has 0 saturated heterocycles. The Hall–Kier alpha value is -11.2. The Bertz CT molecular complexity index is 3660. The maximum atomic E-state index is 15.3. The van der Waals surface area contributed by atoms with Crippen molar-refractivity contribution in [2.45, 2.75) is 41.5 Å². The highest BCUT2D eigenvalue weighted by Gasteiger charge is 2.19. The quantitative estimate of drug-likeness (QED) is 0.0139. The van der Waals surface area contributed by atoms with E-state index in [1.807, 2.05) is 12.1 Å². The first-order valence-electron chi connectivity index (χ1n) is 27.9. The van der Waals surface area contributed by atoms with Crippen molar-refractivity contribution in [2.75, 3.05) is 60.0 Å². The van der Waals surface area contributed by atoms with Gasteiger partial charge in [-0.1, -0.05) is 88.0 Å². The molecule has 0 heterocycles. The maximum absolute atomic E-state index is 15.3. The van der Waals surface area contributed by atoms with E-state index in [1.165, 1.54) is 33.1 Å². The van der Waals surface area contributed by atoms with Crippen molar-refractivity contribution in [3.63, 3.8) is 0 Å². The maximum Gasteiger partial charge on any atom is 0.338 e. The molecular weight excluding hydrogens is 1180 g/mol. The molecule has 0 radical (unpaired) electrons. The van der Waals surface area contributed by atoms with Crippen molar-refractivity contribution >= 4 is 47.8 Å². The Labute approximate surface area is 526 Å². The van der Waals surface area contributed by atoms with Crippen LogP contribution < -0.4 is 23.7 Å². The number of carbonyl (C=O) groups excluding carboxylic acids is 8. The van der Waals surface area contributed by atoms with Gasteiger partial charge in [0.25, 0.3) is 0 Å². The summed E-state index contributed by atoms with van der Waals surface area (Å²) in [7, 11) is 1.50. The van der Waals surface area contributed by atoms with Gasteiger partial charge in [-0.2, -0.15) is 0 Å². The summed E-state index contributed by atoms with van der Waals surface area (Å²) in [5.41, 5.74) is 6.32. The minimum Gasteiger partial charge on any atom is -0.496 e. The van der Waals surface area contributed by atoms with E-state index in [-0.39, 0.29) is 97.4 Å². The fourth-order valence-corrected chi connectivity index (χ4v) is 7.56. The summed E-state index contributed by atoms with van der Waals surface area (Å²) in [6, 6.07) is 32.9. The van der Waals surface area contributed by atoms with Crippen LogP contribution in [0.5, 0.6) is 28.7 Å². The van der Waals surface area contributed by atoms with Crippen LogP contribution in [0.2, 0.25) is 0 Å². The third-order valence-electron chi connectivity index (χ3n) is 12.2. The zero-order valence-electron chi connectivity index (χ0n) is 51.6. The molecule has 0 fully saturated rings. The second-order valence-corrected chi connectivity index (χ2v) is 20.1. The van der Waals surface area contributed by atoms with Gasteiger partial charge >= 0.3 is 47.8 Å². The fourth-order valence-electron chi connectivity index (χ4n) is 7.56. The zero-order chi connectivity index (χ0) is 66.9. The van der Waals surface area contributed by atoms with Crippen LogP contribution in [0.25, 0.3) is 44.5 Å². The fraction of sp³-hybridized carbons (Fsp3) is 0.211. The van der Waals surface area contributed by atoms with E-state index in [1.54, 1.807) is 125 Å². The van der Waals surface area contributed by atoms with Gasteiger partial charge in [-0.15, -0.1) is 0 Å². The Kier molecular flexibility index (Phi) is 26.7. The first-order chi connectivity index (χ1) is 43.2. The summed E-state index contributed by atoms with van der Waals surface area (Å²) in [5, 5.41) is 0. The molecule has 0 amide bonds. The molecule has 0 aliphatic rings. The van der Waals surface area contributed by atoms with Crippen molar-refractivity contribution in [1.82, 2.24) is 0 Å². The van der Waals surface area contributed by atoms with Crippen molar-refractivity contribution in [3.8, 4) is 73.3 Å². The number of methoxy groups -OCH3 is 1. The highest BCUT2D eigenvalue weighted by molar-refractivity contribution is 5.98. The van der Waals surface area contributed by atoms with Crippen LogP contribution in [0.3, 0.4) is 0 Å². The number of hydrogen-bond acceptors (Lipinski definition) is 19. The SMILES string of the molecule is C=C(C)C(=O)OCCOC(=O)c1cc(C(=O)OCCOC(=O)C(=C)C)cc(-c2ccc(-c3ccc(OC(=O)C(=C)C)cc3OC)cc2)c1.C=C(C)C(=O)OCCOc1cc(OCCOC(=O)C(=C)C)cc(-c2ccc(-c3ccc(OC(=O)C(=C)C)cc3)c(F)c2)c1. The Morgan fingerprint density at radius 1 is 0.330 bits per heavy atom. The monoisotopic (exact) mass is 1240 g/mol. The first-order valence-corrected chi connectivity index (χ1v) is 27.9. The summed E-state index contributed by atoms with van der Waals surface area (Å²) in [6.07, 6.45) is 0. The molecule has 0 unspecified atom stereocenters. The molecule has 0 aliphatic heterocycles. The first kappa shape index (κ1) is 70.6. The molecule has 0 atom stereocenters. The average molecular weight is 1250 g/mol. The topological polar surface area (TPSA) is 238 Å². The Morgan fingerprint density at radius 2 is 0.681 bits per heavy atom. The van der Waals surface area contributed by atoms with E-state index >= 15 is 4.39 Å². The zero-order valence-corrected chi connectivity index (χ0v) is 51.6. The van der Waals surface area contributed by atoms with Crippen molar-refractivity contribution < 1.29 is 94.9 Å². The number of carbonyl (C=O) groups is 8. The molecule has 91 heavy (non-hydrogen) atoms. The molecule has 6 aromatic carbocycles. The lowest BCUT2D eigenvalue weighted by molar-refractivity contribution is -0.140. The molecule has 6 rings (SSSR count). The van der Waals surface area contributed by atoms with Gasteiger partial charge in [0.15, 0.2) is 0 Å². The van der Waals surface area contributed by atoms with Crippen LogP contribution in [-0.2, 0) is 57.2 Å². The van der Waals surface area contributed by atoms with Crippen LogP contribution in [0.1, 0.15) is 62.3 Å². The van der Waals surface area contributed by atoms with Gasteiger partial charge in [-0.3, -0.25) is 0 Å². The van der Waals surface area contributed by atoms with Crippen LogP contribution >= 0.6 is 0 Å². The average Bonchev–Trinajstić information content (AvgIpc) is 1.23. The predicted molar refractivity (Wildman–Crippen MR) is 337 cm³/mol. The number of halogens is 1. The molecule has 0 aliphatic carbocycles. The van der Waals surface area contributed by atoms with E-state index in [9.17, 15) is 38.4 Å². The highest BCUT2D eigenvalue weighted by atomic mass is 19.1. The lowest BCUT2D eigenvalue weighted by Gasteiger charge is -2.14. The number of benzene rings is 6. The van der Waals surface area contributed by atoms with Crippen molar-refractivity contribution in [3.05, 3.63) is 211 Å². The van der Waals surface area contributed by atoms with Gasteiger partial charge in [-0.05, 0) is 136 Å². The lowest BCUT2D eigenvalue weighted by atomic mass is 9.97. The number of hydrogen-bond donors (Lipinski definition) is 0. The molecule has 6 aromatic rings. The van der Waals surface area contributed by atoms with Gasteiger partial charge in [0, 0.05) is 56.7 Å². The lowest BCUT2D eigenvalue weighted by Crippen LogP contribution is -2.16. The summed E-state index contributed by atoms with van der Waals surface area (Å²) in [6.45, 7) is 29.7. The van der Waals surface area contributed by atoms with Crippen LogP contribution in [0.15, 0.2) is 194 Å². The third-order valence-corrected chi connectivity index (χ3v) is 12.2. The third kappa shape index (κ3) is 22.2. The van der Waals surface area contributed by atoms with Gasteiger partial charge in [0.1, 0.15) is 87.4 Å². The Balaban J connectivity index is 0.000000333. The normalized spacial score (nSPS) is 10.3. The smallest absolute Gasteiger partial charge is 0.338 e. The van der Waals surface area contributed by atoms with E-state index in [0.717, 1.165) is 11.1 Å². The van der Waals surface area contributed by atoms with E-state index in [2.05, 4.69) is 39.5 Å². The largest absolute Gasteiger partial charge is 0.496 e. The Morgan fingerprint density at radius 3 is 1.11 bits per heavy atom. The molecule has 20 heteroatoms. The van der Waals surface area contributed by atoms with Gasteiger partial charge in [0.2, 0.25) is 0 Å². The predicted octanol–water partition coefficient (Wildman–Crippen LogP) is 12.7. The second kappa shape index (κ2) is 34.4. The van der Waals surface area contributed by atoms with Crippen molar-refractivity contribution in [2.24, 2.45) is 0 Å². The van der Waals surface area contributed by atoms with Gasteiger partial charge < -0.3 is 52.1 Å². The number of esters is 8. The minimum absolute atomic E-state index is 0.00250. The van der Waals surface area contributed by atoms with Crippen molar-refractivity contribution in [1.29, 1.82) is 0 Å². The molecule has 474 valence electrons. The van der Waals surface area contributed by atoms with E-state index in [0.29, 0.717) is 62.1 Å². The standard InChI is InChI=1S/C37H36O11.C34H33FO8/c1-22(2)33(38)44-14-16-46-36(41)28-18-27(19-29(20-28)37(42)47-17-15-45-34(39)23(3)4)25-8-10-26(11-9-25)31-13-12-30(21-32(31)43-7)48-35(40)24(5)6;1-21(2)32(36)41-15-13-39-28-17-26(18-29(20-28)40-14-16-42-33(37)22(3)4)25-9-12-30(31(35)19-25)24-7-10-27(11-8-24)43-34(38)23(5)6/h8-13,18-21H,1,3,5,14-17H2,2,4,6-7H3;7-12,17-20H,1,3,5,13-16H2,2,4,6H3. The molecule has 0 spiro atoms. The molecule has 0 bridgehead atoms. The minimum atomic E-state index is -0.763. The molecule has 19 nitrogen and oxygen atoms in total. The summed E-state index contributed by atoms with van der Waals surface area (Å²) in [4.78, 5) is 96.1. The summed E-state index contributed by atoms with van der Waals surface area (Å²) >= 11 is 0. The number of ether oxygens (including phenoxy) is 11. The molecule has 0 N–H and O–H groups in total. The highest BCUT2D eigenvalue weighted by Crippen LogP contribution is 2.37. The molecular formula is C71H69FO19. The van der Waals surface area contributed by atoms with Gasteiger partial charge in [-0.25, -0.2) is 42.7 Å². The number of rotatable bonds is 29. The van der Waals surface area contributed by atoms with Crippen LogP contribution in [0.4, 0.5) is 4.39 Å².